The van der Waals surface area contributed by atoms with Crippen LogP contribution in [0.3, 0.4) is 0 Å². The lowest BCUT2D eigenvalue weighted by Gasteiger charge is -2.27. The number of sulfonamides is 1. The quantitative estimate of drug-likeness (QED) is 0.602. The minimum absolute atomic E-state index is 0.182. The van der Waals surface area contributed by atoms with E-state index in [4.69, 9.17) is 0 Å². The molecule has 2 aliphatic rings. The zero-order valence-corrected chi connectivity index (χ0v) is 18.4. The van der Waals surface area contributed by atoms with Crippen LogP contribution in [-0.4, -0.2) is 26.9 Å². The molecule has 2 fully saturated rings. The summed E-state index contributed by atoms with van der Waals surface area (Å²) in [5.74, 6) is 1.03. The van der Waals surface area contributed by atoms with Crippen LogP contribution in [0, 0.1) is 15.4 Å². The molecular weight excluding hydrogens is 487 g/mol. The molecule has 2 saturated carbocycles. The van der Waals surface area contributed by atoms with Gasteiger partial charge in [-0.05, 0) is 90.1 Å². The van der Waals surface area contributed by atoms with Crippen LogP contribution >= 0.6 is 22.6 Å². The van der Waals surface area contributed by atoms with Crippen molar-refractivity contribution in [2.24, 2.45) is 11.8 Å². The van der Waals surface area contributed by atoms with Gasteiger partial charge in [-0.15, -0.1) is 0 Å². The van der Waals surface area contributed by atoms with Crippen molar-refractivity contribution in [2.45, 2.75) is 36.6 Å². The molecule has 7 heteroatoms. The molecule has 2 bridgehead atoms. The van der Waals surface area contributed by atoms with E-state index in [1.165, 1.54) is 23.6 Å². The van der Waals surface area contributed by atoms with E-state index in [1.807, 2.05) is 12.1 Å². The molecule has 0 unspecified atom stereocenters. The summed E-state index contributed by atoms with van der Waals surface area (Å²) in [4.78, 5) is 13.0. The maximum absolute atomic E-state index is 13.3. The SMILES string of the molecule is O=C(CN(c1ccc(I)cc1)S(=O)(=O)c1ccccc1)N[C@@H]1C[C@H]2CC[C@@H]1C2. The molecular formula is C21H23IN2O3S. The van der Waals surface area contributed by atoms with Crippen molar-refractivity contribution in [1.29, 1.82) is 0 Å². The Kier molecular flexibility index (Phi) is 5.64. The Balaban J connectivity index is 1.58. The van der Waals surface area contributed by atoms with Crippen LogP contribution < -0.4 is 9.62 Å². The highest BCUT2D eigenvalue weighted by molar-refractivity contribution is 14.1. The molecule has 1 amide bonds. The lowest BCUT2D eigenvalue weighted by Crippen LogP contribution is -2.46. The number of carbonyl (C=O) groups excluding carboxylic acids is 1. The molecule has 0 aromatic heterocycles. The van der Waals surface area contributed by atoms with Gasteiger partial charge in [-0.1, -0.05) is 24.6 Å². The molecule has 0 radical (unpaired) electrons. The maximum Gasteiger partial charge on any atom is 0.264 e. The monoisotopic (exact) mass is 510 g/mol. The van der Waals surface area contributed by atoms with E-state index >= 15 is 0 Å². The molecule has 5 nitrogen and oxygen atoms in total. The lowest BCUT2D eigenvalue weighted by molar-refractivity contribution is -0.120. The maximum atomic E-state index is 13.3. The van der Waals surface area contributed by atoms with Gasteiger partial charge in [-0.25, -0.2) is 8.42 Å². The van der Waals surface area contributed by atoms with Crippen molar-refractivity contribution in [3.8, 4) is 0 Å². The van der Waals surface area contributed by atoms with E-state index in [0.29, 0.717) is 11.6 Å². The second-order valence-electron chi connectivity index (χ2n) is 7.65. The number of hydrogen-bond acceptors (Lipinski definition) is 3. The summed E-state index contributed by atoms with van der Waals surface area (Å²) in [6, 6.07) is 15.6. The van der Waals surface area contributed by atoms with E-state index in [0.717, 1.165) is 15.9 Å². The molecule has 28 heavy (non-hydrogen) atoms. The first-order chi connectivity index (χ1) is 13.4. The number of hydrogen-bond donors (Lipinski definition) is 1. The van der Waals surface area contributed by atoms with E-state index < -0.39 is 10.0 Å². The molecule has 0 heterocycles. The highest BCUT2D eigenvalue weighted by Crippen LogP contribution is 2.44. The first kappa shape index (κ1) is 19.7. The Morgan fingerprint density at radius 1 is 1.04 bits per heavy atom. The number of nitrogens with one attached hydrogen (secondary N) is 1. The minimum atomic E-state index is -3.84. The van der Waals surface area contributed by atoms with E-state index in [9.17, 15) is 13.2 Å². The molecule has 0 saturated heterocycles. The van der Waals surface area contributed by atoms with Gasteiger partial charge in [-0.3, -0.25) is 9.10 Å². The highest BCUT2D eigenvalue weighted by atomic mass is 127. The fraction of sp³-hybridized carbons (Fsp3) is 0.381. The average molecular weight is 510 g/mol. The second kappa shape index (κ2) is 8.02. The Bertz CT molecular complexity index is 947. The summed E-state index contributed by atoms with van der Waals surface area (Å²) < 4.78 is 28.7. The fourth-order valence-corrected chi connectivity index (χ4v) is 6.25. The van der Waals surface area contributed by atoms with Crippen LogP contribution in [0.4, 0.5) is 5.69 Å². The molecule has 3 atom stereocenters. The summed E-state index contributed by atoms with van der Waals surface area (Å²) in [7, 11) is -3.84. The smallest absolute Gasteiger partial charge is 0.264 e. The lowest BCUT2D eigenvalue weighted by atomic mass is 9.95. The van der Waals surface area contributed by atoms with Crippen LogP contribution in [0.1, 0.15) is 25.7 Å². The number of fused-ring (bicyclic) bond motifs is 2. The van der Waals surface area contributed by atoms with Gasteiger partial charge in [0.2, 0.25) is 5.91 Å². The number of amides is 1. The molecule has 4 rings (SSSR count). The standard InChI is InChI=1S/C21H23IN2O3S/c22-17-8-10-18(11-9-17)24(28(26,27)19-4-2-1-3-5-19)14-21(25)23-20-13-15-6-7-16(20)12-15/h1-5,8-11,15-16,20H,6-7,12-14H2,(H,23,25)/t15-,16+,20+/m0/s1. The van der Waals surface area contributed by atoms with Crippen LogP contribution in [-0.2, 0) is 14.8 Å². The average Bonchev–Trinajstić information content (AvgIpc) is 3.31. The third-order valence-electron chi connectivity index (χ3n) is 5.82. The topological polar surface area (TPSA) is 66.5 Å². The second-order valence-corrected chi connectivity index (χ2v) is 10.8. The number of rotatable bonds is 6. The number of benzene rings is 2. The van der Waals surface area contributed by atoms with Gasteiger partial charge < -0.3 is 5.32 Å². The normalized spacial score (nSPS) is 23.5. The number of halogens is 1. The summed E-state index contributed by atoms with van der Waals surface area (Å²) in [6.07, 6.45) is 4.63. The van der Waals surface area contributed by atoms with Gasteiger partial charge in [0, 0.05) is 9.61 Å². The molecule has 2 aromatic rings. The van der Waals surface area contributed by atoms with Gasteiger partial charge in [0.25, 0.3) is 10.0 Å². The molecule has 0 aliphatic heterocycles. The van der Waals surface area contributed by atoms with E-state index in [-0.39, 0.29) is 23.4 Å². The summed E-state index contributed by atoms with van der Waals surface area (Å²) in [6.45, 7) is -0.217. The third kappa shape index (κ3) is 4.05. The van der Waals surface area contributed by atoms with Crippen molar-refractivity contribution in [1.82, 2.24) is 5.32 Å². The zero-order valence-electron chi connectivity index (χ0n) is 15.4. The molecule has 148 valence electrons. The van der Waals surface area contributed by atoms with E-state index in [1.54, 1.807) is 42.5 Å². The predicted octanol–water partition coefficient (Wildman–Crippen LogP) is 3.79. The Hall–Kier alpha value is -1.61. The van der Waals surface area contributed by atoms with Gasteiger partial charge >= 0.3 is 0 Å². The summed E-state index contributed by atoms with van der Waals surface area (Å²) in [5.41, 5.74) is 0.493. The molecule has 0 spiro atoms. The summed E-state index contributed by atoms with van der Waals surface area (Å²) >= 11 is 2.17. The number of carbonyl (C=O) groups is 1. The van der Waals surface area contributed by atoms with Crippen molar-refractivity contribution in [3.63, 3.8) is 0 Å². The summed E-state index contributed by atoms with van der Waals surface area (Å²) in [5, 5.41) is 3.10. The van der Waals surface area contributed by atoms with Crippen molar-refractivity contribution in [2.75, 3.05) is 10.8 Å². The molecule has 2 aliphatic carbocycles. The number of anilines is 1. The van der Waals surface area contributed by atoms with Gasteiger partial charge in [0.15, 0.2) is 0 Å². The Labute approximate surface area is 179 Å². The molecule has 1 N–H and O–H groups in total. The van der Waals surface area contributed by atoms with Crippen molar-refractivity contribution >= 4 is 44.2 Å². The molecule has 2 aromatic carbocycles. The Morgan fingerprint density at radius 2 is 1.75 bits per heavy atom. The highest BCUT2D eigenvalue weighted by Gasteiger charge is 2.40. The zero-order chi connectivity index (χ0) is 19.7. The van der Waals surface area contributed by atoms with Gasteiger partial charge in [0.05, 0.1) is 10.6 Å². The first-order valence-electron chi connectivity index (χ1n) is 9.56. The van der Waals surface area contributed by atoms with Crippen LogP contribution in [0.5, 0.6) is 0 Å². The van der Waals surface area contributed by atoms with Crippen molar-refractivity contribution < 1.29 is 13.2 Å². The van der Waals surface area contributed by atoms with E-state index in [2.05, 4.69) is 27.9 Å². The fourth-order valence-electron chi connectivity index (χ4n) is 4.45. The minimum Gasteiger partial charge on any atom is -0.352 e. The largest absolute Gasteiger partial charge is 0.352 e. The van der Waals surface area contributed by atoms with Crippen molar-refractivity contribution in [3.05, 3.63) is 58.2 Å². The van der Waals surface area contributed by atoms with Gasteiger partial charge in [0.1, 0.15) is 6.54 Å². The Morgan fingerprint density at radius 3 is 2.36 bits per heavy atom. The number of nitrogens with zero attached hydrogens (tertiary/aromatic N) is 1. The van der Waals surface area contributed by atoms with Crippen LogP contribution in [0.15, 0.2) is 59.5 Å². The third-order valence-corrected chi connectivity index (χ3v) is 8.32. The van der Waals surface area contributed by atoms with Crippen LogP contribution in [0.25, 0.3) is 0 Å². The predicted molar refractivity (Wildman–Crippen MR) is 118 cm³/mol. The van der Waals surface area contributed by atoms with Gasteiger partial charge in [-0.2, -0.15) is 0 Å². The first-order valence-corrected chi connectivity index (χ1v) is 12.1. The van der Waals surface area contributed by atoms with Crippen LogP contribution in [0.2, 0.25) is 0 Å².